The summed E-state index contributed by atoms with van der Waals surface area (Å²) < 4.78 is 0. The summed E-state index contributed by atoms with van der Waals surface area (Å²) in [4.78, 5) is 23.3. The van der Waals surface area contributed by atoms with E-state index in [0.29, 0.717) is 5.92 Å². The Morgan fingerprint density at radius 2 is 2.22 bits per heavy atom. The van der Waals surface area contributed by atoms with Gasteiger partial charge in [-0.05, 0) is 54.8 Å². The van der Waals surface area contributed by atoms with Crippen molar-refractivity contribution in [3.05, 3.63) is 36.2 Å². The molecule has 1 N–H and O–H groups in total. The van der Waals surface area contributed by atoms with Crippen LogP contribution >= 0.6 is 11.8 Å². The number of nitrogens with one attached hydrogen (secondary N) is 1. The van der Waals surface area contributed by atoms with Crippen LogP contribution in [-0.2, 0) is 11.3 Å². The van der Waals surface area contributed by atoms with Gasteiger partial charge in [-0.3, -0.25) is 4.90 Å². The van der Waals surface area contributed by atoms with Crippen LogP contribution in [0.25, 0.3) is 0 Å². The second kappa shape index (κ2) is 7.37. The van der Waals surface area contributed by atoms with Gasteiger partial charge in [0, 0.05) is 36.3 Å². The van der Waals surface area contributed by atoms with E-state index in [4.69, 9.17) is 0 Å². The quantitative estimate of drug-likeness (QED) is 0.575. The number of carbonyl (C=O) groups is 1. The van der Waals surface area contributed by atoms with Gasteiger partial charge in [-0.2, -0.15) is 0 Å². The summed E-state index contributed by atoms with van der Waals surface area (Å²) in [7, 11) is 0. The zero-order valence-electron chi connectivity index (χ0n) is 15.3. The molecule has 1 saturated heterocycles. The maximum absolute atomic E-state index is 11.0. The summed E-state index contributed by atoms with van der Waals surface area (Å²) in [6.07, 6.45) is 5.64. The normalized spacial score (nSPS) is 25.3. The first kappa shape index (κ1) is 19.2. The van der Waals surface area contributed by atoms with Crippen LogP contribution in [-0.4, -0.2) is 33.9 Å². The van der Waals surface area contributed by atoms with Crippen molar-refractivity contribution in [3.63, 3.8) is 0 Å². The molecule has 2 aliphatic heterocycles. The molecule has 0 bridgehead atoms. The number of aromatic nitrogens is 2. The summed E-state index contributed by atoms with van der Waals surface area (Å²) in [5, 5.41) is 15.2. The van der Waals surface area contributed by atoms with Crippen LogP contribution in [0.2, 0.25) is 0 Å². The number of fused-ring (bicyclic) bond motifs is 3. The Kier molecular flexibility index (Phi) is 5.24. The van der Waals surface area contributed by atoms with Crippen molar-refractivity contribution in [2.45, 2.75) is 35.7 Å². The van der Waals surface area contributed by atoms with E-state index < -0.39 is 5.97 Å². The maximum atomic E-state index is 11.0. The molecule has 2 fully saturated rings. The third-order valence-corrected chi connectivity index (χ3v) is 6.90. The molecule has 0 spiro atoms. The fourth-order valence-corrected chi connectivity index (χ4v) is 5.23. The van der Waals surface area contributed by atoms with Crippen LogP contribution in [0.3, 0.4) is 0 Å². The van der Waals surface area contributed by atoms with E-state index in [1.807, 2.05) is 0 Å². The Bertz CT molecular complexity index is 896. The van der Waals surface area contributed by atoms with E-state index >= 15 is 0 Å². The second-order valence-electron chi connectivity index (χ2n) is 7.56. The molecule has 1 aromatic heterocycles. The number of carboxylic acid groups (broad SMARTS) is 1. The van der Waals surface area contributed by atoms with E-state index in [2.05, 4.69) is 38.4 Å². The van der Waals surface area contributed by atoms with Crippen LogP contribution in [0, 0.1) is 11.3 Å². The zero-order valence-corrected chi connectivity index (χ0v) is 18.1. The fraction of sp³-hybridized carbons (Fsp3) is 0.421. The summed E-state index contributed by atoms with van der Waals surface area (Å²) in [6, 6.07) is 6.50. The first-order chi connectivity index (χ1) is 12.6. The number of hydrogen-bond acceptors (Lipinski definition) is 7. The van der Waals surface area contributed by atoms with Gasteiger partial charge >= 0.3 is 29.6 Å². The maximum Gasteiger partial charge on any atom is 1.00 e. The van der Waals surface area contributed by atoms with Gasteiger partial charge in [-0.1, -0.05) is 17.8 Å². The summed E-state index contributed by atoms with van der Waals surface area (Å²) in [5.74, 6) is 0.426. The van der Waals surface area contributed by atoms with Gasteiger partial charge in [0.05, 0.1) is 5.69 Å². The molecule has 27 heavy (non-hydrogen) atoms. The average molecular weight is 390 g/mol. The molecule has 2 unspecified atom stereocenters. The number of aliphatic carboxylic acids is 1. The SMILES string of the molecule is O=C([O-])CC12CCN(Cc3ccc4c(c3)Nc3nccnc3S4)CC1C2.[Na+]. The molecule has 0 amide bonds. The van der Waals surface area contributed by atoms with E-state index in [1.165, 1.54) is 5.56 Å². The molecule has 0 radical (unpaired) electrons. The molecule has 134 valence electrons. The number of likely N-dealkylation sites (tertiary alicyclic amines) is 1. The molecule has 3 heterocycles. The van der Waals surface area contributed by atoms with Crippen LogP contribution in [0.5, 0.6) is 0 Å². The van der Waals surface area contributed by atoms with Gasteiger partial charge in [0.25, 0.3) is 0 Å². The number of nitrogens with zero attached hydrogens (tertiary/aromatic N) is 3. The van der Waals surface area contributed by atoms with Crippen LogP contribution in [0.15, 0.2) is 40.5 Å². The molecule has 6 nitrogen and oxygen atoms in total. The first-order valence-electron chi connectivity index (χ1n) is 8.92. The van der Waals surface area contributed by atoms with Gasteiger partial charge in [-0.15, -0.1) is 0 Å². The van der Waals surface area contributed by atoms with Gasteiger partial charge in [0.1, 0.15) is 5.03 Å². The standard InChI is InChI=1S/C19H20N4O2S.Na/c24-16(25)9-19-3-6-23(11-13(19)8-19)10-12-1-2-15-14(7-12)22-17-18(26-15)21-5-4-20-17;/h1-2,4-5,7,13H,3,6,8-11H2,(H,20,22)(H,24,25);/q;+1/p-1. The van der Waals surface area contributed by atoms with Gasteiger partial charge in [0.2, 0.25) is 0 Å². The molecule has 2 atom stereocenters. The number of carboxylic acids is 1. The van der Waals surface area contributed by atoms with Crippen molar-refractivity contribution in [2.24, 2.45) is 11.3 Å². The number of piperidine rings is 1. The van der Waals surface area contributed by atoms with E-state index in [1.54, 1.807) is 24.2 Å². The third-order valence-electron chi connectivity index (χ3n) is 5.83. The Morgan fingerprint density at radius 1 is 1.37 bits per heavy atom. The summed E-state index contributed by atoms with van der Waals surface area (Å²) in [6.45, 7) is 2.84. The molecule has 5 rings (SSSR count). The Balaban J connectivity index is 0.00000180. The van der Waals surface area contributed by atoms with Gasteiger partial charge in [-0.25, -0.2) is 9.97 Å². The van der Waals surface area contributed by atoms with Crippen LogP contribution < -0.4 is 40.0 Å². The fourth-order valence-electron chi connectivity index (χ4n) is 4.35. The van der Waals surface area contributed by atoms with Crippen molar-refractivity contribution in [2.75, 3.05) is 18.4 Å². The van der Waals surface area contributed by atoms with E-state index in [0.717, 1.165) is 53.9 Å². The summed E-state index contributed by atoms with van der Waals surface area (Å²) >= 11 is 1.64. The molecule has 3 aliphatic rings. The Morgan fingerprint density at radius 3 is 3.04 bits per heavy atom. The topological polar surface area (TPSA) is 81.2 Å². The van der Waals surface area contributed by atoms with Crippen molar-refractivity contribution in [3.8, 4) is 0 Å². The number of anilines is 2. The largest absolute Gasteiger partial charge is 1.00 e. The first-order valence-corrected chi connectivity index (χ1v) is 9.74. The van der Waals surface area contributed by atoms with Gasteiger partial charge < -0.3 is 15.2 Å². The number of carbonyl (C=O) groups excluding carboxylic acids is 1. The molecule has 2 aromatic rings. The predicted octanol–water partition coefficient (Wildman–Crippen LogP) is -0.959. The predicted molar refractivity (Wildman–Crippen MR) is 95.9 cm³/mol. The molecule has 1 aliphatic carbocycles. The Hall–Kier alpha value is -1.12. The average Bonchev–Trinajstić information content (AvgIpc) is 3.32. The molecule has 8 heteroatoms. The number of rotatable bonds is 4. The smallest absolute Gasteiger partial charge is 0.550 e. The van der Waals surface area contributed by atoms with E-state index in [9.17, 15) is 9.90 Å². The van der Waals surface area contributed by atoms with Crippen molar-refractivity contribution in [1.82, 2.24) is 14.9 Å². The number of hydrogen-bond donors (Lipinski definition) is 1. The number of benzene rings is 1. The van der Waals surface area contributed by atoms with Gasteiger partial charge in [0.15, 0.2) is 5.82 Å². The molecular weight excluding hydrogens is 371 g/mol. The molecule has 1 aromatic carbocycles. The van der Waals surface area contributed by atoms with Crippen LogP contribution in [0.1, 0.15) is 24.8 Å². The van der Waals surface area contributed by atoms with Crippen LogP contribution in [0.4, 0.5) is 11.5 Å². The minimum absolute atomic E-state index is 0. The Labute approximate surface area is 184 Å². The zero-order chi connectivity index (χ0) is 17.7. The van der Waals surface area contributed by atoms with Crippen molar-refractivity contribution >= 4 is 29.2 Å². The molecular formula is C19H19N4NaO2S. The monoisotopic (exact) mass is 390 g/mol. The molecule has 1 saturated carbocycles. The van der Waals surface area contributed by atoms with Crippen molar-refractivity contribution in [1.29, 1.82) is 0 Å². The minimum atomic E-state index is -0.900. The summed E-state index contributed by atoms with van der Waals surface area (Å²) in [5.41, 5.74) is 2.37. The van der Waals surface area contributed by atoms with E-state index in [-0.39, 0.29) is 41.4 Å². The second-order valence-corrected chi connectivity index (χ2v) is 8.60. The van der Waals surface area contributed by atoms with Crippen molar-refractivity contribution < 1.29 is 39.5 Å². The minimum Gasteiger partial charge on any atom is -0.550 e. The third kappa shape index (κ3) is 3.76.